The first kappa shape index (κ1) is 11.3. The number of nitrogens with zero attached hydrogens (tertiary/aromatic N) is 2. The molecule has 0 aromatic carbocycles. The number of thiazole rings is 1. The summed E-state index contributed by atoms with van der Waals surface area (Å²) in [6.07, 6.45) is 2.84. The molecule has 0 bridgehead atoms. The molecular weight excluding hydrogens is 246 g/mol. The minimum Gasteiger partial charge on any atom is -0.386 e. The number of halogens is 1. The van der Waals surface area contributed by atoms with Crippen LogP contribution in [-0.2, 0) is 6.42 Å². The van der Waals surface area contributed by atoms with Crippen molar-refractivity contribution < 1.29 is 5.11 Å². The Hall–Kier alpha value is -1.17. The van der Waals surface area contributed by atoms with E-state index in [2.05, 4.69) is 9.97 Å². The summed E-state index contributed by atoms with van der Waals surface area (Å²) >= 11 is 7.01. The van der Waals surface area contributed by atoms with Gasteiger partial charge in [-0.25, -0.2) is 9.97 Å². The molecule has 2 heterocycles. The second-order valence-corrected chi connectivity index (χ2v) is 4.96. The van der Waals surface area contributed by atoms with Crippen molar-refractivity contribution in [2.24, 2.45) is 0 Å². The van der Waals surface area contributed by atoms with E-state index >= 15 is 0 Å². The summed E-state index contributed by atoms with van der Waals surface area (Å²) in [6, 6.07) is 3.62. The van der Waals surface area contributed by atoms with Crippen LogP contribution in [0, 0.1) is 0 Å². The van der Waals surface area contributed by atoms with E-state index < -0.39 is 6.10 Å². The Morgan fingerprint density at radius 1 is 1.50 bits per heavy atom. The lowest BCUT2D eigenvalue weighted by Crippen LogP contribution is -2.04. The molecular formula is C10H10ClN3OS. The van der Waals surface area contributed by atoms with Gasteiger partial charge in [-0.05, 0) is 11.6 Å². The molecule has 2 rings (SSSR count). The molecule has 6 heteroatoms. The summed E-state index contributed by atoms with van der Waals surface area (Å²) in [4.78, 5) is 7.97. The van der Waals surface area contributed by atoms with Crippen molar-refractivity contribution in [1.82, 2.24) is 9.97 Å². The quantitative estimate of drug-likeness (QED) is 0.881. The lowest BCUT2D eigenvalue weighted by atomic mass is 10.1. The van der Waals surface area contributed by atoms with Gasteiger partial charge in [0, 0.05) is 12.6 Å². The van der Waals surface area contributed by atoms with Crippen molar-refractivity contribution in [3.05, 3.63) is 39.4 Å². The normalized spacial score (nSPS) is 12.6. The number of hydrogen-bond donors (Lipinski definition) is 2. The van der Waals surface area contributed by atoms with E-state index in [4.69, 9.17) is 17.3 Å². The third-order valence-corrected chi connectivity index (χ3v) is 3.34. The van der Waals surface area contributed by atoms with E-state index in [1.54, 1.807) is 12.3 Å². The maximum atomic E-state index is 9.92. The molecule has 1 unspecified atom stereocenters. The second kappa shape index (κ2) is 4.78. The van der Waals surface area contributed by atoms with Crippen molar-refractivity contribution >= 4 is 28.8 Å². The summed E-state index contributed by atoms with van der Waals surface area (Å²) in [5.74, 6) is 0.434. The molecule has 2 aromatic rings. The van der Waals surface area contributed by atoms with Crippen LogP contribution in [0.15, 0.2) is 24.5 Å². The molecule has 0 aliphatic carbocycles. The maximum absolute atomic E-state index is 9.92. The molecule has 0 saturated carbocycles. The van der Waals surface area contributed by atoms with Crippen LogP contribution in [0.1, 0.15) is 16.7 Å². The molecule has 0 amide bonds. The van der Waals surface area contributed by atoms with Crippen LogP contribution in [0.4, 0.5) is 5.82 Å². The van der Waals surface area contributed by atoms with Gasteiger partial charge in [-0.15, -0.1) is 11.3 Å². The smallest absolute Gasteiger partial charge is 0.126 e. The van der Waals surface area contributed by atoms with Gasteiger partial charge >= 0.3 is 0 Å². The highest BCUT2D eigenvalue weighted by Gasteiger charge is 2.14. The van der Waals surface area contributed by atoms with Gasteiger partial charge in [0.05, 0.1) is 6.20 Å². The molecule has 0 spiro atoms. The third-order valence-electron chi connectivity index (χ3n) is 2.12. The van der Waals surface area contributed by atoms with Crippen LogP contribution in [0.25, 0.3) is 0 Å². The number of nitrogens with two attached hydrogens (primary N) is 1. The molecule has 2 aromatic heterocycles. The fourth-order valence-electron chi connectivity index (χ4n) is 1.34. The molecule has 3 N–H and O–H groups in total. The Balaban J connectivity index is 2.13. The van der Waals surface area contributed by atoms with Crippen LogP contribution in [0.5, 0.6) is 0 Å². The Kier molecular flexibility index (Phi) is 3.38. The van der Waals surface area contributed by atoms with Crippen LogP contribution in [-0.4, -0.2) is 15.1 Å². The topological polar surface area (TPSA) is 72.0 Å². The van der Waals surface area contributed by atoms with Crippen LogP contribution in [0.3, 0.4) is 0 Å². The zero-order chi connectivity index (χ0) is 11.5. The fourth-order valence-corrected chi connectivity index (χ4v) is 2.26. The number of anilines is 1. The number of nitrogen functional groups attached to an aromatic ring is 1. The molecule has 1 atom stereocenters. The first-order chi connectivity index (χ1) is 7.66. The average molecular weight is 256 g/mol. The van der Waals surface area contributed by atoms with Crippen LogP contribution < -0.4 is 5.73 Å². The van der Waals surface area contributed by atoms with E-state index in [0.29, 0.717) is 21.6 Å². The molecule has 84 valence electrons. The highest BCUT2D eigenvalue weighted by atomic mass is 35.5. The van der Waals surface area contributed by atoms with E-state index in [9.17, 15) is 5.11 Å². The maximum Gasteiger partial charge on any atom is 0.126 e. The van der Waals surface area contributed by atoms with Gasteiger partial charge in [-0.3, -0.25) is 0 Å². The van der Waals surface area contributed by atoms with Gasteiger partial charge in [0.2, 0.25) is 0 Å². The van der Waals surface area contributed by atoms with E-state index in [1.165, 1.54) is 17.5 Å². The number of aliphatic hydroxyl groups excluding tert-OH is 1. The standard InChI is InChI=1S/C10H10ClN3OS/c11-8-5-14-10(16-8)7(15)4-6-2-1-3-13-9(6)12/h1-3,5,7,15H,4H2,(H2,12,13). The fraction of sp³-hybridized carbons (Fsp3) is 0.200. The minimum absolute atomic E-state index is 0.392. The molecule has 0 fully saturated rings. The third kappa shape index (κ3) is 2.49. The predicted octanol–water partition coefficient (Wildman–Crippen LogP) is 2.05. The SMILES string of the molecule is Nc1ncccc1CC(O)c1ncc(Cl)s1. The number of aromatic nitrogens is 2. The molecule has 0 aliphatic rings. The van der Waals surface area contributed by atoms with Crippen LogP contribution in [0.2, 0.25) is 4.34 Å². The Morgan fingerprint density at radius 2 is 2.31 bits per heavy atom. The van der Waals surface area contributed by atoms with Crippen molar-refractivity contribution in [3.8, 4) is 0 Å². The minimum atomic E-state index is -0.691. The van der Waals surface area contributed by atoms with E-state index in [1.807, 2.05) is 6.07 Å². The van der Waals surface area contributed by atoms with Gasteiger partial charge in [0.25, 0.3) is 0 Å². The monoisotopic (exact) mass is 255 g/mol. The first-order valence-electron chi connectivity index (χ1n) is 4.65. The number of pyridine rings is 1. The molecule has 4 nitrogen and oxygen atoms in total. The Labute approximate surface area is 102 Å². The number of aliphatic hydroxyl groups is 1. The molecule has 16 heavy (non-hydrogen) atoms. The summed E-state index contributed by atoms with van der Waals surface area (Å²) < 4.78 is 0.563. The molecule has 0 aliphatic heterocycles. The summed E-state index contributed by atoms with van der Waals surface area (Å²) in [6.45, 7) is 0. The van der Waals surface area contributed by atoms with Gasteiger partial charge in [0.1, 0.15) is 21.3 Å². The van der Waals surface area contributed by atoms with Gasteiger partial charge in [0.15, 0.2) is 0 Å². The first-order valence-corrected chi connectivity index (χ1v) is 5.85. The van der Waals surface area contributed by atoms with Gasteiger partial charge in [-0.1, -0.05) is 17.7 Å². The number of rotatable bonds is 3. The summed E-state index contributed by atoms with van der Waals surface area (Å²) in [7, 11) is 0. The van der Waals surface area contributed by atoms with Crippen molar-refractivity contribution in [2.75, 3.05) is 5.73 Å². The van der Waals surface area contributed by atoms with Crippen molar-refractivity contribution in [3.63, 3.8) is 0 Å². The zero-order valence-electron chi connectivity index (χ0n) is 8.30. The van der Waals surface area contributed by atoms with Crippen molar-refractivity contribution in [2.45, 2.75) is 12.5 Å². The summed E-state index contributed by atoms with van der Waals surface area (Å²) in [5.41, 5.74) is 6.49. The highest BCUT2D eigenvalue weighted by Crippen LogP contribution is 2.26. The Morgan fingerprint density at radius 3 is 2.94 bits per heavy atom. The highest BCUT2D eigenvalue weighted by molar-refractivity contribution is 7.15. The van der Waals surface area contributed by atoms with Crippen LogP contribution >= 0.6 is 22.9 Å². The van der Waals surface area contributed by atoms with Crippen molar-refractivity contribution in [1.29, 1.82) is 0 Å². The largest absolute Gasteiger partial charge is 0.386 e. The molecule has 0 saturated heterocycles. The molecule has 0 radical (unpaired) electrons. The van der Waals surface area contributed by atoms with E-state index in [0.717, 1.165) is 5.56 Å². The lowest BCUT2D eigenvalue weighted by molar-refractivity contribution is 0.178. The Bertz CT molecular complexity index is 488. The van der Waals surface area contributed by atoms with Gasteiger partial charge < -0.3 is 10.8 Å². The lowest BCUT2D eigenvalue weighted by Gasteiger charge is -2.08. The number of hydrogen-bond acceptors (Lipinski definition) is 5. The predicted molar refractivity (Wildman–Crippen MR) is 64.4 cm³/mol. The van der Waals surface area contributed by atoms with E-state index in [-0.39, 0.29) is 0 Å². The zero-order valence-corrected chi connectivity index (χ0v) is 9.87. The average Bonchev–Trinajstić information content (AvgIpc) is 2.68. The summed E-state index contributed by atoms with van der Waals surface area (Å²) in [5, 5.41) is 10.5. The van der Waals surface area contributed by atoms with Gasteiger partial charge in [-0.2, -0.15) is 0 Å². The second-order valence-electron chi connectivity index (χ2n) is 3.27.